The Morgan fingerprint density at radius 1 is 1.07 bits per heavy atom. The average Bonchev–Trinajstić information content (AvgIpc) is 3.10. The largest absolute Gasteiger partial charge is 0.473 e. The predicted molar refractivity (Wildman–Crippen MR) is 111 cm³/mol. The number of rotatable bonds is 5. The average molecular weight is 389 g/mol. The molecule has 0 unspecified atom stereocenters. The van der Waals surface area contributed by atoms with E-state index in [4.69, 9.17) is 4.74 Å². The molecule has 1 fully saturated rings. The second-order valence-corrected chi connectivity index (χ2v) is 7.97. The highest BCUT2D eigenvalue weighted by atomic mass is 32.1. The van der Waals surface area contributed by atoms with E-state index in [0.717, 1.165) is 40.3 Å². The van der Waals surface area contributed by atoms with E-state index in [-0.39, 0.29) is 6.10 Å². The quantitative estimate of drug-likeness (QED) is 0.543. The van der Waals surface area contributed by atoms with E-state index < -0.39 is 0 Å². The van der Waals surface area contributed by atoms with Crippen molar-refractivity contribution in [3.8, 4) is 17.1 Å². The molecule has 5 rings (SSSR count). The molecule has 0 amide bonds. The molecule has 1 aliphatic rings. The van der Waals surface area contributed by atoms with E-state index in [9.17, 15) is 0 Å². The Kier molecular flexibility index (Phi) is 4.37. The van der Waals surface area contributed by atoms with Crippen molar-refractivity contribution in [2.24, 2.45) is 0 Å². The number of para-hydroxylation sites is 1. The third-order valence-electron chi connectivity index (χ3n) is 4.93. The Morgan fingerprint density at radius 2 is 1.93 bits per heavy atom. The van der Waals surface area contributed by atoms with Gasteiger partial charge in [0.1, 0.15) is 11.8 Å². The van der Waals surface area contributed by atoms with Crippen LogP contribution in [0.5, 0.6) is 5.88 Å². The minimum absolute atomic E-state index is 0.129. The van der Waals surface area contributed by atoms with Gasteiger partial charge in [-0.1, -0.05) is 23.5 Å². The van der Waals surface area contributed by atoms with Crippen LogP contribution >= 0.6 is 11.3 Å². The highest BCUT2D eigenvalue weighted by Gasteiger charge is 2.32. The van der Waals surface area contributed by atoms with Crippen molar-refractivity contribution in [1.29, 1.82) is 0 Å². The Hall–Kier alpha value is -3.06. The first-order valence-corrected chi connectivity index (χ1v) is 10.1. The van der Waals surface area contributed by atoms with Crippen LogP contribution in [-0.2, 0) is 0 Å². The van der Waals surface area contributed by atoms with Crippen molar-refractivity contribution >= 4 is 26.7 Å². The molecule has 7 heteroatoms. The summed E-state index contributed by atoms with van der Waals surface area (Å²) in [7, 11) is 0. The number of thiazole rings is 1. The van der Waals surface area contributed by atoms with E-state index in [1.54, 1.807) is 29.9 Å². The van der Waals surface area contributed by atoms with E-state index in [1.807, 2.05) is 37.4 Å². The lowest BCUT2D eigenvalue weighted by Crippen LogP contribution is -2.42. The number of aryl methyl sites for hydroxylation is 1. The van der Waals surface area contributed by atoms with Gasteiger partial charge in [0, 0.05) is 49.2 Å². The number of aromatic nitrogens is 4. The van der Waals surface area contributed by atoms with Gasteiger partial charge >= 0.3 is 0 Å². The summed E-state index contributed by atoms with van der Waals surface area (Å²) >= 11 is 1.69. The zero-order valence-corrected chi connectivity index (χ0v) is 16.2. The van der Waals surface area contributed by atoms with Gasteiger partial charge in [-0.25, -0.2) is 15.0 Å². The van der Waals surface area contributed by atoms with E-state index in [2.05, 4.69) is 31.3 Å². The van der Waals surface area contributed by atoms with Gasteiger partial charge in [0.15, 0.2) is 5.13 Å². The number of hydrogen-bond acceptors (Lipinski definition) is 7. The molecule has 0 atom stereocenters. The van der Waals surface area contributed by atoms with Crippen LogP contribution < -0.4 is 10.1 Å². The molecule has 6 nitrogen and oxygen atoms in total. The molecular formula is C21H19N5OS. The fourth-order valence-corrected chi connectivity index (χ4v) is 4.32. The Morgan fingerprint density at radius 3 is 2.79 bits per heavy atom. The van der Waals surface area contributed by atoms with Crippen LogP contribution in [0.2, 0.25) is 0 Å². The molecule has 0 bridgehead atoms. The number of hydrogen-bond donors (Lipinski definition) is 1. The highest BCUT2D eigenvalue weighted by molar-refractivity contribution is 7.22. The lowest BCUT2D eigenvalue weighted by molar-refractivity contribution is 0.103. The molecule has 3 aromatic heterocycles. The molecule has 1 saturated carbocycles. The monoisotopic (exact) mass is 389 g/mol. The van der Waals surface area contributed by atoms with Crippen molar-refractivity contribution in [3.05, 3.63) is 60.7 Å². The lowest BCUT2D eigenvalue weighted by atomic mass is 9.89. The Labute approximate surface area is 166 Å². The second-order valence-electron chi connectivity index (χ2n) is 6.94. The van der Waals surface area contributed by atoms with Crippen molar-refractivity contribution < 1.29 is 4.74 Å². The zero-order valence-electron chi connectivity index (χ0n) is 15.4. The van der Waals surface area contributed by atoms with E-state index in [1.165, 1.54) is 4.70 Å². The van der Waals surface area contributed by atoms with Crippen LogP contribution in [0.4, 0.5) is 5.13 Å². The lowest BCUT2D eigenvalue weighted by Gasteiger charge is -2.35. The first kappa shape index (κ1) is 17.1. The third-order valence-corrected chi connectivity index (χ3v) is 5.90. The van der Waals surface area contributed by atoms with Gasteiger partial charge < -0.3 is 10.1 Å². The smallest absolute Gasteiger partial charge is 0.240 e. The van der Waals surface area contributed by atoms with Gasteiger partial charge in [-0.15, -0.1) is 0 Å². The maximum atomic E-state index is 6.17. The van der Waals surface area contributed by atoms with Crippen LogP contribution in [0.15, 0.2) is 55.1 Å². The number of pyridine rings is 1. The molecule has 1 aromatic carbocycles. The summed E-state index contributed by atoms with van der Waals surface area (Å²) in [6.45, 7) is 2.02. The van der Waals surface area contributed by atoms with Crippen molar-refractivity contribution in [2.75, 3.05) is 5.32 Å². The molecule has 140 valence electrons. The van der Waals surface area contributed by atoms with Crippen molar-refractivity contribution in [2.45, 2.75) is 31.9 Å². The number of nitrogens with one attached hydrogen (secondary N) is 1. The normalized spacial score (nSPS) is 18.6. The summed E-state index contributed by atoms with van der Waals surface area (Å²) in [4.78, 5) is 17.7. The fraction of sp³-hybridized carbons (Fsp3) is 0.238. The van der Waals surface area contributed by atoms with Gasteiger partial charge in [0.2, 0.25) is 5.88 Å². The maximum Gasteiger partial charge on any atom is 0.240 e. The number of anilines is 1. The molecular weight excluding hydrogens is 370 g/mol. The van der Waals surface area contributed by atoms with Gasteiger partial charge in [-0.3, -0.25) is 4.98 Å². The zero-order chi connectivity index (χ0) is 18.9. The second kappa shape index (κ2) is 7.16. The minimum Gasteiger partial charge on any atom is -0.473 e. The molecule has 0 radical (unpaired) electrons. The predicted octanol–water partition coefficient (Wildman–Crippen LogP) is 4.48. The summed E-state index contributed by atoms with van der Waals surface area (Å²) in [5.74, 6) is 0.584. The summed E-state index contributed by atoms with van der Waals surface area (Å²) in [6.07, 6.45) is 8.93. The molecule has 28 heavy (non-hydrogen) atoms. The van der Waals surface area contributed by atoms with Gasteiger partial charge in [-0.2, -0.15) is 0 Å². The van der Waals surface area contributed by atoms with Crippen LogP contribution in [0.25, 0.3) is 21.5 Å². The molecule has 0 saturated heterocycles. The molecule has 1 aliphatic carbocycles. The summed E-state index contributed by atoms with van der Waals surface area (Å²) < 4.78 is 7.37. The summed E-state index contributed by atoms with van der Waals surface area (Å²) in [6, 6.07) is 10.5. The third kappa shape index (κ3) is 3.29. The van der Waals surface area contributed by atoms with Crippen LogP contribution in [0.3, 0.4) is 0 Å². The first-order valence-electron chi connectivity index (χ1n) is 9.27. The maximum absolute atomic E-state index is 6.17. The minimum atomic E-state index is 0.129. The molecule has 4 aromatic rings. The first-order chi connectivity index (χ1) is 13.8. The van der Waals surface area contributed by atoms with Crippen LogP contribution in [0, 0.1) is 6.92 Å². The van der Waals surface area contributed by atoms with Gasteiger partial charge in [-0.05, 0) is 30.7 Å². The molecule has 1 N–H and O–H groups in total. The Balaban J connectivity index is 1.25. The molecule has 0 spiro atoms. The fourth-order valence-electron chi connectivity index (χ4n) is 3.38. The standard InChI is InChI=1S/C21H19N5OS/c1-13-12-22-7-6-16(13)19-20(24-9-8-23-19)27-15-10-14(11-15)25-21-26-17-4-2-3-5-18(17)28-21/h2-9,12,14-15H,10-11H2,1H3,(H,25,26)/t14-,15+. The van der Waals surface area contributed by atoms with Gasteiger partial charge in [0.05, 0.1) is 10.2 Å². The Bertz CT molecular complexity index is 1090. The van der Waals surface area contributed by atoms with E-state index in [0.29, 0.717) is 11.9 Å². The highest BCUT2D eigenvalue weighted by Crippen LogP contribution is 2.34. The topological polar surface area (TPSA) is 72.8 Å². The number of nitrogens with zero attached hydrogens (tertiary/aromatic N) is 4. The van der Waals surface area contributed by atoms with Crippen LogP contribution in [-0.4, -0.2) is 32.1 Å². The van der Waals surface area contributed by atoms with Crippen LogP contribution in [0.1, 0.15) is 18.4 Å². The van der Waals surface area contributed by atoms with Crippen molar-refractivity contribution in [3.63, 3.8) is 0 Å². The summed E-state index contributed by atoms with van der Waals surface area (Å²) in [5.41, 5.74) is 3.86. The molecule has 3 heterocycles. The van der Waals surface area contributed by atoms with E-state index >= 15 is 0 Å². The number of fused-ring (bicyclic) bond motifs is 1. The molecule has 0 aliphatic heterocycles. The number of ether oxygens (including phenoxy) is 1. The van der Waals surface area contributed by atoms with Gasteiger partial charge in [0.25, 0.3) is 0 Å². The summed E-state index contributed by atoms with van der Waals surface area (Å²) in [5, 5.41) is 4.49. The SMILES string of the molecule is Cc1cnccc1-c1nccnc1O[C@H]1C[C@@H](Nc2nc3ccccc3s2)C1. The number of benzene rings is 1. The van der Waals surface area contributed by atoms with Crippen molar-refractivity contribution in [1.82, 2.24) is 19.9 Å².